The van der Waals surface area contributed by atoms with E-state index >= 15 is 0 Å². The zero-order valence-corrected chi connectivity index (χ0v) is 11.0. The number of alkyl halides is 1. The molecule has 0 aromatic heterocycles. The van der Waals surface area contributed by atoms with Crippen molar-refractivity contribution in [2.24, 2.45) is 11.8 Å². The molecule has 0 aromatic rings. The molecule has 15 heavy (non-hydrogen) atoms. The van der Waals surface area contributed by atoms with E-state index in [-0.39, 0.29) is 11.5 Å². The first kappa shape index (κ1) is 11.4. The van der Waals surface area contributed by atoms with Crippen molar-refractivity contribution >= 4 is 21.8 Å². The molecule has 0 unspecified atom stereocenters. The molecule has 0 saturated heterocycles. The quantitative estimate of drug-likeness (QED) is 0.788. The van der Waals surface area contributed by atoms with Crippen molar-refractivity contribution in [1.29, 1.82) is 0 Å². The predicted molar refractivity (Wildman–Crippen MR) is 65.0 cm³/mol. The Kier molecular flexibility index (Phi) is 3.39. The molecule has 86 valence electrons. The maximum atomic E-state index is 12.0. The number of amides is 1. The van der Waals surface area contributed by atoms with Crippen LogP contribution in [-0.4, -0.2) is 16.8 Å². The van der Waals surface area contributed by atoms with Crippen LogP contribution in [0.4, 0.5) is 0 Å². The topological polar surface area (TPSA) is 29.1 Å². The molecule has 1 N–H and O–H groups in total. The van der Waals surface area contributed by atoms with Crippen LogP contribution < -0.4 is 5.32 Å². The van der Waals surface area contributed by atoms with Gasteiger partial charge in [-0.25, -0.2) is 0 Å². The Balaban J connectivity index is 1.81. The van der Waals surface area contributed by atoms with Crippen molar-refractivity contribution in [3.8, 4) is 0 Å². The van der Waals surface area contributed by atoms with Crippen LogP contribution in [0.1, 0.15) is 45.4 Å². The molecule has 2 fully saturated rings. The minimum absolute atomic E-state index is 0.125. The van der Waals surface area contributed by atoms with Crippen molar-refractivity contribution in [2.75, 3.05) is 5.33 Å². The molecule has 2 aliphatic carbocycles. The molecule has 0 radical (unpaired) electrons. The summed E-state index contributed by atoms with van der Waals surface area (Å²) in [7, 11) is 0. The minimum Gasteiger partial charge on any atom is -0.350 e. The van der Waals surface area contributed by atoms with Crippen LogP contribution in [0.5, 0.6) is 0 Å². The smallest absolute Gasteiger partial charge is 0.223 e. The number of hydrogen-bond acceptors (Lipinski definition) is 1. The second-order valence-electron chi connectivity index (χ2n) is 5.36. The molecule has 2 nitrogen and oxygen atoms in total. The highest BCUT2D eigenvalue weighted by molar-refractivity contribution is 9.09. The van der Waals surface area contributed by atoms with E-state index < -0.39 is 0 Å². The van der Waals surface area contributed by atoms with Gasteiger partial charge in [-0.05, 0) is 44.4 Å². The van der Waals surface area contributed by atoms with Gasteiger partial charge in [0.2, 0.25) is 5.91 Å². The summed E-state index contributed by atoms with van der Waals surface area (Å²) in [5.41, 5.74) is 0.125. The number of carbonyl (C=O) groups excluding carboxylic acids is 1. The highest BCUT2D eigenvalue weighted by atomic mass is 79.9. The zero-order valence-electron chi connectivity index (χ0n) is 9.39. The van der Waals surface area contributed by atoms with Crippen LogP contribution in [0.25, 0.3) is 0 Å². The van der Waals surface area contributed by atoms with Gasteiger partial charge in [-0.1, -0.05) is 22.9 Å². The van der Waals surface area contributed by atoms with E-state index in [2.05, 4.69) is 28.2 Å². The molecule has 0 aromatic carbocycles. The maximum absolute atomic E-state index is 12.0. The number of halogens is 1. The molecule has 0 spiro atoms. The largest absolute Gasteiger partial charge is 0.350 e. The second kappa shape index (κ2) is 4.44. The van der Waals surface area contributed by atoms with Gasteiger partial charge in [-0.3, -0.25) is 4.79 Å². The first-order valence-electron chi connectivity index (χ1n) is 6.03. The predicted octanol–water partition coefficient (Wildman–Crippen LogP) is 2.86. The van der Waals surface area contributed by atoms with Crippen LogP contribution in [0.3, 0.4) is 0 Å². The van der Waals surface area contributed by atoms with Gasteiger partial charge >= 0.3 is 0 Å². The summed E-state index contributed by atoms with van der Waals surface area (Å²) in [5, 5.41) is 4.13. The Morgan fingerprint density at radius 3 is 2.40 bits per heavy atom. The van der Waals surface area contributed by atoms with Crippen molar-refractivity contribution in [1.82, 2.24) is 5.32 Å². The van der Waals surface area contributed by atoms with E-state index in [1.807, 2.05) is 0 Å². The van der Waals surface area contributed by atoms with Gasteiger partial charge in [0.25, 0.3) is 0 Å². The molecule has 2 saturated carbocycles. The number of nitrogens with one attached hydrogen (secondary N) is 1. The Labute approximate surface area is 100 Å². The Morgan fingerprint density at radius 2 is 1.93 bits per heavy atom. The molecule has 0 atom stereocenters. The first-order chi connectivity index (χ1) is 7.15. The van der Waals surface area contributed by atoms with Gasteiger partial charge in [0.15, 0.2) is 0 Å². The third-order valence-corrected chi connectivity index (χ3v) is 4.96. The molecular weight excluding hydrogens is 254 g/mol. The summed E-state index contributed by atoms with van der Waals surface area (Å²) in [4.78, 5) is 12.0. The third kappa shape index (κ3) is 2.74. The summed E-state index contributed by atoms with van der Waals surface area (Å²) >= 11 is 3.48. The van der Waals surface area contributed by atoms with E-state index in [9.17, 15) is 4.79 Å². The Hall–Kier alpha value is -0.0500. The van der Waals surface area contributed by atoms with Gasteiger partial charge < -0.3 is 5.32 Å². The molecule has 2 aliphatic rings. The molecule has 0 heterocycles. The highest BCUT2D eigenvalue weighted by Crippen LogP contribution is 2.38. The lowest BCUT2D eigenvalue weighted by Crippen LogP contribution is -2.42. The average molecular weight is 274 g/mol. The average Bonchev–Trinajstić information content (AvgIpc) is 2.99. The van der Waals surface area contributed by atoms with Crippen LogP contribution in [0, 0.1) is 11.8 Å². The number of rotatable bonds is 3. The van der Waals surface area contributed by atoms with Gasteiger partial charge in [0.05, 0.1) is 0 Å². The van der Waals surface area contributed by atoms with E-state index in [1.54, 1.807) is 0 Å². The van der Waals surface area contributed by atoms with Crippen LogP contribution >= 0.6 is 15.9 Å². The minimum atomic E-state index is 0.125. The summed E-state index contributed by atoms with van der Waals surface area (Å²) in [6, 6.07) is 0. The van der Waals surface area contributed by atoms with Crippen molar-refractivity contribution < 1.29 is 4.79 Å². The van der Waals surface area contributed by atoms with Crippen molar-refractivity contribution in [3.05, 3.63) is 0 Å². The van der Waals surface area contributed by atoms with Crippen molar-refractivity contribution in [3.63, 3.8) is 0 Å². The molecular formula is C12H20BrNO. The number of carbonyl (C=O) groups is 1. The van der Waals surface area contributed by atoms with Gasteiger partial charge in [0, 0.05) is 16.8 Å². The van der Waals surface area contributed by atoms with E-state index in [1.165, 1.54) is 12.8 Å². The van der Waals surface area contributed by atoms with Gasteiger partial charge in [0.1, 0.15) is 0 Å². The maximum Gasteiger partial charge on any atom is 0.223 e. The van der Waals surface area contributed by atoms with Crippen LogP contribution in [0.2, 0.25) is 0 Å². The van der Waals surface area contributed by atoms with E-state index in [0.717, 1.165) is 36.9 Å². The number of hydrogen-bond donors (Lipinski definition) is 1. The first-order valence-corrected chi connectivity index (χ1v) is 7.15. The molecule has 2 rings (SSSR count). The fraction of sp³-hybridized carbons (Fsp3) is 0.917. The SMILES string of the molecule is CC1CCC(C(=O)NC2(CBr)CC2)CC1. The fourth-order valence-corrected chi connectivity index (χ4v) is 3.03. The summed E-state index contributed by atoms with van der Waals surface area (Å²) in [5.74, 6) is 1.41. The normalized spacial score (nSPS) is 33.5. The van der Waals surface area contributed by atoms with Crippen LogP contribution in [-0.2, 0) is 4.79 Å². The standard InChI is InChI=1S/C12H20BrNO/c1-9-2-4-10(5-3-9)11(15)14-12(8-13)6-7-12/h9-10H,2-8H2,1H3,(H,14,15). The van der Waals surface area contributed by atoms with Gasteiger partial charge in [-0.15, -0.1) is 0 Å². The van der Waals surface area contributed by atoms with Crippen molar-refractivity contribution in [2.45, 2.75) is 51.0 Å². The monoisotopic (exact) mass is 273 g/mol. The van der Waals surface area contributed by atoms with Gasteiger partial charge in [-0.2, -0.15) is 0 Å². The summed E-state index contributed by atoms with van der Waals surface area (Å²) in [6.07, 6.45) is 6.91. The molecule has 1 amide bonds. The fourth-order valence-electron chi connectivity index (χ4n) is 2.33. The Morgan fingerprint density at radius 1 is 1.33 bits per heavy atom. The lowest BCUT2D eigenvalue weighted by atomic mass is 9.82. The summed E-state index contributed by atoms with van der Waals surface area (Å²) in [6.45, 7) is 2.29. The molecule has 0 aliphatic heterocycles. The molecule has 3 heteroatoms. The lowest BCUT2D eigenvalue weighted by molar-refractivity contribution is -0.127. The summed E-state index contributed by atoms with van der Waals surface area (Å²) < 4.78 is 0. The van der Waals surface area contributed by atoms with E-state index in [4.69, 9.17) is 0 Å². The zero-order chi connectivity index (χ0) is 10.9. The van der Waals surface area contributed by atoms with E-state index in [0.29, 0.717) is 5.91 Å². The molecule has 0 bridgehead atoms. The van der Waals surface area contributed by atoms with Crippen LogP contribution in [0.15, 0.2) is 0 Å². The third-order valence-electron chi connectivity index (χ3n) is 3.88. The Bertz CT molecular complexity index is 242. The lowest BCUT2D eigenvalue weighted by Gasteiger charge is -2.27. The second-order valence-corrected chi connectivity index (χ2v) is 5.92. The highest BCUT2D eigenvalue weighted by Gasteiger charge is 2.43.